The maximum absolute atomic E-state index is 2.38. The van der Waals surface area contributed by atoms with Crippen molar-refractivity contribution in [2.45, 2.75) is 117 Å². The Morgan fingerprint density at radius 1 is 0.542 bits per heavy atom. The summed E-state index contributed by atoms with van der Waals surface area (Å²) in [4.78, 5) is 0. The van der Waals surface area contributed by atoms with E-state index in [0.29, 0.717) is 0 Å². The molecule has 0 unspecified atom stereocenters. The molecule has 0 fully saturated rings. The summed E-state index contributed by atoms with van der Waals surface area (Å²) >= 11 is 0. The molecule has 0 saturated heterocycles. The minimum absolute atomic E-state index is 1.21. The van der Waals surface area contributed by atoms with Crippen molar-refractivity contribution in [3.05, 3.63) is 34.9 Å². The second kappa shape index (κ2) is 14.6. The van der Waals surface area contributed by atoms with Crippen LogP contribution in [0.1, 0.15) is 115 Å². The second-order valence-electron chi connectivity index (χ2n) is 7.44. The van der Waals surface area contributed by atoms with Gasteiger partial charge in [-0.1, -0.05) is 103 Å². The van der Waals surface area contributed by atoms with Gasteiger partial charge in [0, 0.05) is 0 Å². The molecule has 0 spiro atoms. The van der Waals surface area contributed by atoms with Crippen LogP contribution in [0.3, 0.4) is 0 Å². The normalized spacial score (nSPS) is 11.1. The van der Waals surface area contributed by atoms with Gasteiger partial charge in [-0.3, -0.25) is 0 Å². The predicted molar refractivity (Wildman–Crippen MR) is 110 cm³/mol. The fourth-order valence-corrected chi connectivity index (χ4v) is 3.80. The molecule has 0 bridgehead atoms. The van der Waals surface area contributed by atoms with Crippen molar-refractivity contribution in [2.24, 2.45) is 0 Å². The molecule has 0 heterocycles. The molecule has 0 aromatic heterocycles. The van der Waals surface area contributed by atoms with Crippen LogP contribution >= 0.6 is 0 Å². The summed E-state index contributed by atoms with van der Waals surface area (Å²) in [5.41, 5.74) is 4.94. The third-order valence-corrected chi connectivity index (χ3v) is 5.32. The molecule has 138 valence electrons. The van der Waals surface area contributed by atoms with Gasteiger partial charge in [-0.05, 0) is 48.8 Å². The van der Waals surface area contributed by atoms with E-state index in [1.807, 2.05) is 0 Å². The van der Waals surface area contributed by atoms with Gasteiger partial charge in [0.1, 0.15) is 0 Å². The van der Waals surface area contributed by atoms with Crippen molar-refractivity contribution in [3.63, 3.8) is 0 Å². The lowest BCUT2D eigenvalue weighted by Crippen LogP contribution is -2.00. The molecule has 0 aliphatic carbocycles. The summed E-state index contributed by atoms with van der Waals surface area (Å²) in [6.45, 7) is 6.93. The Morgan fingerprint density at radius 3 is 1.38 bits per heavy atom. The SMILES string of the molecule is CCCCCCCCc1cccc(CCCCCCCC)c1CC. The molecule has 1 rings (SSSR count). The van der Waals surface area contributed by atoms with E-state index in [9.17, 15) is 0 Å². The molecule has 0 radical (unpaired) electrons. The minimum atomic E-state index is 1.21. The van der Waals surface area contributed by atoms with Crippen LogP contribution in [0.5, 0.6) is 0 Å². The number of hydrogen-bond donors (Lipinski definition) is 0. The van der Waals surface area contributed by atoms with E-state index in [1.54, 1.807) is 16.7 Å². The summed E-state index contributed by atoms with van der Waals surface area (Å²) in [5.74, 6) is 0. The first kappa shape index (κ1) is 21.3. The molecule has 0 amide bonds. The zero-order valence-electron chi connectivity index (χ0n) is 16.8. The van der Waals surface area contributed by atoms with Crippen molar-refractivity contribution < 1.29 is 0 Å². The molecule has 0 N–H and O–H groups in total. The van der Waals surface area contributed by atoms with Crippen LogP contribution in [-0.2, 0) is 19.3 Å². The van der Waals surface area contributed by atoms with E-state index < -0.39 is 0 Å². The Balaban J connectivity index is 2.38. The van der Waals surface area contributed by atoms with Crippen molar-refractivity contribution in [3.8, 4) is 0 Å². The third-order valence-electron chi connectivity index (χ3n) is 5.32. The lowest BCUT2D eigenvalue weighted by molar-refractivity contribution is 0.603. The van der Waals surface area contributed by atoms with Gasteiger partial charge in [0.15, 0.2) is 0 Å². The first-order valence-electron chi connectivity index (χ1n) is 10.9. The monoisotopic (exact) mass is 330 g/mol. The smallest absolute Gasteiger partial charge is 0.0276 e. The van der Waals surface area contributed by atoms with Crippen LogP contribution in [0.2, 0.25) is 0 Å². The highest BCUT2D eigenvalue weighted by Gasteiger charge is 2.06. The molecule has 0 saturated carbocycles. The van der Waals surface area contributed by atoms with E-state index in [1.165, 1.54) is 96.3 Å². The highest BCUT2D eigenvalue weighted by Crippen LogP contribution is 2.21. The number of benzene rings is 1. The van der Waals surface area contributed by atoms with E-state index in [4.69, 9.17) is 0 Å². The fourth-order valence-electron chi connectivity index (χ4n) is 3.80. The average Bonchev–Trinajstić information content (AvgIpc) is 2.61. The maximum Gasteiger partial charge on any atom is -0.0276 e. The Bertz CT molecular complexity index is 370. The van der Waals surface area contributed by atoms with Gasteiger partial charge in [0.25, 0.3) is 0 Å². The molecule has 0 heteroatoms. The van der Waals surface area contributed by atoms with Gasteiger partial charge >= 0.3 is 0 Å². The van der Waals surface area contributed by atoms with Crippen LogP contribution in [-0.4, -0.2) is 0 Å². The van der Waals surface area contributed by atoms with Crippen LogP contribution in [0.25, 0.3) is 0 Å². The summed E-state index contributed by atoms with van der Waals surface area (Å²) in [7, 11) is 0. The number of hydrogen-bond acceptors (Lipinski definition) is 0. The van der Waals surface area contributed by atoms with Crippen molar-refractivity contribution in [2.75, 3.05) is 0 Å². The molecule has 0 atom stereocenters. The summed E-state index contributed by atoms with van der Waals surface area (Å²) in [5, 5.41) is 0. The molecule has 0 nitrogen and oxygen atoms in total. The Morgan fingerprint density at radius 2 is 0.958 bits per heavy atom. The van der Waals surface area contributed by atoms with E-state index >= 15 is 0 Å². The molecule has 1 aromatic rings. The van der Waals surface area contributed by atoms with Crippen LogP contribution in [0, 0.1) is 0 Å². The Kier molecular flexibility index (Phi) is 12.9. The predicted octanol–water partition coefficient (Wildman–Crippen LogP) is 8.06. The zero-order chi connectivity index (χ0) is 17.5. The third kappa shape index (κ3) is 8.90. The summed E-state index contributed by atoms with van der Waals surface area (Å²) < 4.78 is 0. The van der Waals surface area contributed by atoms with Gasteiger partial charge < -0.3 is 0 Å². The van der Waals surface area contributed by atoms with Crippen LogP contribution in [0.4, 0.5) is 0 Å². The Labute approximate surface area is 152 Å². The van der Waals surface area contributed by atoms with Crippen LogP contribution in [0.15, 0.2) is 18.2 Å². The van der Waals surface area contributed by atoms with Crippen LogP contribution < -0.4 is 0 Å². The van der Waals surface area contributed by atoms with Gasteiger partial charge in [0.05, 0.1) is 0 Å². The van der Waals surface area contributed by atoms with Gasteiger partial charge in [-0.25, -0.2) is 0 Å². The average molecular weight is 331 g/mol. The van der Waals surface area contributed by atoms with Crippen molar-refractivity contribution in [1.82, 2.24) is 0 Å². The first-order valence-corrected chi connectivity index (χ1v) is 10.9. The summed E-state index contributed by atoms with van der Waals surface area (Å²) in [6, 6.07) is 7.07. The lowest BCUT2D eigenvalue weighted by atomic mass is 9.92. The molecular weight excluding hydrogens is 288 g/mol. The molecular formula is C24H42. The zero-order valence-corrected chi connectivity index (χ0v) is 16.8. The standard InChI is InChI=1S/C24H42/c1-4-7-9-11-13-15-18-22-20-17-21-23(24(22)6-3)19-16-14-12-10-8-5-2/h17,20-21H,4-16,18-19H2,1-3H3. The number of unbranched alkanes of at least 4 members (excludes halogenated alkanes) is 10. The maximum atomic E-state index is 2.38. The Hall–Kier alpha value is -0.780. The highest BCUT2D eigenvalue weighted by atomic mass is 14.1. The number of rotatable bonds is 15. The van der Waals surface area contributed by atoms with E-state index in [0.717, 1.165) is 0 Å². The van der Waals surface area contributed by atoms with Gasteiger partial charge in [-0.15, -0.1) is 0 Å². The second-order valence-corrected chi connectivity index (χ2v) is 7.44. The van der Waals surface area contributed by atoms with Gasteiger partial charge in [-0.2, -0.15) is 0 Å². The fraction of sp³-hybridized carbons (Fsp3) is 0.750. The topological polar surface area (TPSA) is 0 Å². The molecule has 0 aliphatic heterocycles. The van der Waals surface area contributed by atoms with Crippen molar-refractivity contribution >= 4 is 0 Å². The minimum Gasteiger partial charge on any atom is -0.0654 e. The highest BCUT2D eigenvalue weighted by molar-refractivity contribution is 5.35. The summed E-state index contributed by atoms with van der Waals surface area (Å²) in [6.07, 6.45) is 20.6. The van der Waals surface area contributed by atoms with Crippen molar-refractivity contribution in [1.29, 1.82) is 0 Å². The quantitative estimate of drug-likeness (QED) is 0.285. The van der Waals surface area contributed by atoms with Gasteiger partial charge in [0.2, 0.25) is 0 Å². The lowest BCUT2D eigenvalue weighted by Gasteiger charge is -2.14. The van der Waals surface area contributed by atoms with E-state index in [2.05, 4.69) is 39.0 Å². The number of aryl methyl sites for hydroxylation is 2. The molecule has 24 heavy (non-hydrogen) atoms. The first-order chi connectivity index (χ1) is 11.8. The largest absolute Gasteiger partial charge is 0.0654 e. The molecule has 0 aliphatic rings. The van der Waals surface area contributed by atoms with E-state index in [-0.39, 0.29) is 0 Å². The molecule has 1 aromatic carbocycles.